The normalized spacial score (nSPS) is 19.1. The maximum atomic E-state index is 12.9. The van der Waals surface area contributed by atoms with E-state index >= 15 is 0 Å². The van der Waals surface area contributed by atoms with Gasteiger partial charge in [0.2, 0.25) is 0 Å². The number of likely N-dealkylation sites (tertiary alicyclic amines) is 1. The van der Waals surface area contributed by atoms with Crippen molar-refractivity contribution in [3.8, 4) is 11.5 Å². The monoisotopic (exact) mass is 340 g/mol. The Morgan fingerprint density at radius 2 is 1.96 bits per heavy atom. The molecule has 4 rings (SSSR count). The summed E-state index contributed by atoms with van der Waals surface area (Å²) in [5.41, 5.74) is 2.03. The lowest BCUT2D eigenvalue weighted by atomic mass is 10.0. The first-order chi connectivity index (χ1) is 12.1. The lowest BCUT2D eigenvalue weighted by Gasteiger charge is -2.26. The van der Waals surface area contributed by atoms with Crippen LogP contribution in [0.25, 0.3) is 0 Å². The van der Waals surface area contributed by atoms with Crippen molar-refractivity contribution in [3.63, 3.8) is 0 Å². The molecule has 25 heavy (non-hydrogen) atoms. The Kier molecular flexibility index (Phi) is 3.95. The average molecular weight is 340 g/mol. The van der Waals surface area contributed by atoms with Gasteiger partial charge in [0.05, 0.1) is 6.04 Å². The van der Waals surface area contributed by atoms with E-state index in [2.05, 4.69) is 4.98 Å². The third-order valence-corrected chi connectivity index (χ3v) is 4.78. The van der Waals surface area contributed by atoms with Crippen LogP contribution in [0.1, 0.15) is 52.2 Å². The van der Waals surface area contributed by atoms with Gasteiger partial charge in [-0.1, -0.05) is 6.07 Å². The molecule has 6 heteroatoms. The molecule has 1 aromatic carbocycles. The Bertz CT molecular complexity index is 827. The van der Waals surface area contributed by atoms with Gasteiger partial charge in [-0.2, -0.15) is 0 Å². The zero-order valence-electron chi connectivity index (χ0n) is 14.1. The van der Waals surface area contributed by atoms with Crippen molar-refractivity contribution in [1.29, 1.82) is 0 Å². The van der Waals surface area contributed by atoms with Gasteiger partial charge in [0, 0.05) is 18.3 Å². The number of hydrogen-bond donors (Lipinski definition) is 1. The van der Waals surface area contributed by atoms with Crippen LogP contribution >= 0.6 is 0 Å². The number of carbonyl (C=O) groups excluding carboxylic acids is 2. The number of Topliss-reactive ketones (excluding diaryl/α,β-unsaturated/α-hetero) is 1. The summed E-state index contributed by atoms with van der Waals surface area (Å²) in [5, 5.41) is 0. The first-order valence-corrected chi connectivity index (χ1v) is 8.53. The largest absolute Gasteiger partial charge is 0.486 e. The first kappa shape index (κ1) is 15.7. The molecule has 1 aromatic heterocycles. The van der Waals surface area contributed by atoms with Crippen molar-refractivity contribution >= 4 is 11.7 Å². The Labute approximate surface area is 145 Å². The lowest BCUT2D eigenvalue weighted by molar-refractivity contribution is 0.0730. The van der Waals surface area contributed by atoms with Crippen molar-refractivity contribution in [3.05, 3.63) is 47.3 Å². The summed E-state index contributed by atoms with van der Waals surface area (Å²) in [4.78, 5) is 29.1. The van der Waals surface area contributed by atoms with Crippen LogP contribution in [-0.4, -0.2) is 41.3 Å². The van der Waals surface area contributed by atoms with Crippen LogP contribution in [0.2, 0.25) is 0 Å². The van der Waals surface area contributed by atoms with Crippen molar-refractivity contribution in [2.24, 2.45) is 0 Å². The summed E-state index contributed by atoms with van der Waals surface area (Å²) in [7, 11) is 0. The SMILES string of the molecule is CC(=O)c1c[nH]c(C(=O)N2CCCC2c2ccc3c(c2)OCCO3)c1. The highest BCUT2D eigenvalue weighted by Crippen LogP contribution is 2.38. The molecular formula is C19H20N2O4. The van der Waals surface area contributed by atoms with Crippen LogP contribution in [0.15, 0.2) is 30.5 Å². The topological polar surface area (TPSA) is 71.6 Å². The second kappa shape index (κ2) is 6.27. The predicted molar refractivity (Wildman–Crippen MR) is 91.2 cm³/mol. The summed E-state index contributed by atoms with van der Waals surface area (Å²) in [6.45, 7) is 3.30. The van der Waals surface area contributed by atoms with Crippen LogP contribution in [0, 0.1) is 0 Å². The van der Waals surface area contributed by atoms with Gasteiger partial charge in [0.25, 0.3) is 5.91 Å². The van der Waals surface area contributed by atoms with E-state index in [-0.39, 0.29) is 17.7 Å². The number of hydrogen-bond acceptors (Lipinski definition) is 4. The highest BCUT2D eigenvalue weighted by molar-refractivity contribution is 5.99. The Hall–Kier alpha value is -2.76. The van der Waals surface area contributed by atoms with Crippen LogP contribution in [0.4, 0.5) is 0 Å². The highest BCUT2D eigenvalue weighted by atomic mass is 16.6. The Balaban J connectivity index is 1.59. The van der Waals surface area contributed by atoms with E-state index in [4.69, 9.17) is 9.47 Å². The molecule has 0 saturated carbocycles. The van der Waals surface area contributed by atoms with Crippen LogP contribution in [0.3, 0.4) is 0 Å². The van der Waals surface area contributed by atoms with E-state index in [1.165, 1.54) is 6.92 Å². The minimum Gasteiger partial charge on any atom is -0.486 e. The average Bonchev–Trinajstić information content (AvgIpc) is 3.30. The number of aromatic amines is 1. The van der Waals surface area contributed by atoms with Gasteiger partial charge in [-0.15, -0.1) is 0 Å². The maximum absolute atomic E-state index is 12.9. The molecule has 130 valence electrons. The summed E-state index contributed by atoms with van der Waals surface area (Å²) < 4.78 is 11.2. The molecule has 1 atom stereocenters. The molecule has 1 unspecified atom stereocenters. The number of ketones is 1. The van der Waals surface area contributed by atoms with Gasteiger partial charge in [0.15, 0.2) is 17.3 Å². The fraction of sp³-hybridized carbons (Fsp3) is 0.368. The molecule has 0 aliphatic carbocycles. The van der Waals surface area contributed by atoms with E-state index in [9.17, 15) is 9.59 Å². The quantitative estimate of drug-likeness (QED) is 0.872. The molecule has 3 heterocycles. The van der Waals surface area contributed by atoms with Crippen LogP contribution < -0.4 is 9.47 Å². The third kappa shape index (κ3) is 2.88. The van der Waals surface area contributed by atoms with E-state index in [1.54, 1.807) is 12.3 Å². The summed E-state index contributed by atoms with van der Waals surface area (Å²) in [5.74, 6) is 1.35. The number of H-pyrrole nitrogens is 1. The number of rotatable bonds is 3. The molecule has 0 spiro atoms. The lowest BCUT2D eigenvalue weighted by Crippen LogP contribution is -2.30. The molecule has 2 aromatic rings. The molecule has 1 N–H and O–H groups in total. The zero-order chi connectivity index (χ0) is 17.4. The molecule has 2 aliphatic heterocycles. The number of amides is 1. The molecule has 1 saturated heterocycles. The molecule has 0 radical (unpaired) electrons. The van der Waals surface area contributed by atoms with Gasteiger partial charge < -0.3 is 19.4 Å². The minimum atomic E-state index is -0.0788. The van der Waals surface area contributed by atoms with Gasteiger partial charge in [-0.3, -0.25) is 9.59 Å². The zero-order valence-corrected chi connectivity index (χ0v) is 14.1. The number of carbonyl (C=O) groups is 2. The fourth-order valence-electron chi connectivity index (χ4n) is 3.50. The second-order valence-corrected chi connectivity index (χ2v) is 6.42. The molecular weight excluding hydrogens is 320 g/mol. The highest BCUT2D eigenvalue weighted by Gasteiger charge is 2.32. The Morgan fingerprint density at radius 3 is 2.72 bits per heavy atom. The number of fused-ring (bicyclic) bond motifs is 1. The number of nitrogens with zero attached hydrogens (tertiary/aromatic N) is 1. The van der Waals surface area contributed by atoms with Gasteiger partial charge in [-0.05, 0) is 43.5 Å². The number of aromatic nitrogens is 1. The van der Waals surface area contributed by atoms with E-state index in [0.29, 0.717) is 31.0 Å². The fourth-order valence-corrected chi connectivity index (χ4v) is 3.50. The number of nitrogens with one attached hydrogen (secondary N) is 1. The van der Waals surface area contributed by atoms with Gasteiger partial charge in [-0.25, -0.2) is 0 Å². The standard InChI is InChI=1S/C19H20N2O4/c1-12(22)14-9-15(20-11-14)19(23)21-6-2-3-16(21)13-4-5-17-18(10-13)25-8-7-24-17/h4-5,9-11,16,20H,2-3,6-8H2,1H3. The first-order valence-electron chi connectivity index (χ1n) is 8.53. The molecule has 0 bridgehead atoms. The summed E-state index contributed by atoms with van der Waals surface area (Å²) in [6, 6.07) is 7.52. The van der Waals surface area contributed by atoms with Crippen molar-refractivity contribution in [2.45, 2.75) is 25.8 Å². The number of benzene rings is 1. The van der Waals surface area contributed by atoms with Gasteiger partial charge in [0.1, 0.15) is 18.9 Å². The second-order valence-electron chi connectivity index (χ2n) is 6.42. The van der Waals surface area contributed by atoms with Crippen molar-refractivity contribution in [2.75, 3.05) is 19.8 Å². The maximum Gasteiger partial charge on any atom is 0.270 e. The van der Waals surface area contributed by atoms with E-state index in [1.807, 2.05) is 23.1 Å². The van der Waals surface area contributed by atoms with Crippen LogP contribution in [0.5, 0.6) is 11.5 Å². The summed E-state index contributed by atoms with van der Waals surface area (Å²) >= 11 is 0. The van der Waals surface area contributed by atoms with Crippen LogP contribution in [-0.2, 0) is 0 Å². The smallest absolute Gasteiger partial charge is 0.270 e. The van der Waals surface area contributed by atoms with Crippen molar-refractivity contribution < 1.29 is 19.1 Å². The molecule has 1 fully saturated rings. The van der Waals surface area contributed by atoms with E-state index < -0.39 is 0 Å². The Morgan fingerprint density at radius 1 is 1.16 bits per heavy atom. The predicted octanol–water partition coefficient (Wildman–Crippen LogP) is 2.97. The van der Waals surface area contributed by atoms with Crippen molar-refractivity contribution in [1.82, 2.24) is 9.88 Å². The number of ether oxygens (including phenoxy) is 2. The third-order valence-electron chi connectivity index (χ3n) is 4.78. The summed E-state index contributed by atoms with van der Waals surface area (Å²) in [6.07, 6.45) is 3.45. The molecule has 2 aliphatic rings. The molecule has 1 amide bonds. The van der Waals surface area contributed by atoms with Gasteiger partial charge >= 0.3 is 0 Å². The minimum absolute atomic E-state index is 0.00686. The van der Waals surface area contributed by atoms with E-state index in [0.717, 1.165) is 29.9 Å². The molecule has 6 nitrogen and oxygen atoms in total.